The highest BCUT2D eigenvalue weighted by molar-refractivity contribution is 8.00. The first-order valence-corrected chi connectivity index (χ1v) is 8.46. The number of carbonyl (C=O) groups excluding carboxylic acids is 2. The lowest BCUT2D eigenvalue weighted by Gasteiger charge is -2.38. The molecule has 8 heteroatoms. The standard InChI is InChI=1S/C14H22N4O3S/c1-9-6-12(17-21-9)16-13(19)7-22-8-14(20)18-5-4-15-10(2)11(18)3/h6,10-11,15H,4-5,7-8H2,1-3H3,(H,16,17,19). The number of thioether (sulfide) groups is 1. The molecule has 0 bridgehead atoms. The number of rotatable bonds is 5. The van der Waals surface area contributed by atoms with Gasteiger partial charge in [0.15, 0.2) is 5.82 Å². The molecule has 2 unspecified atom stereocenters. The van der Waals surface area contributed by atoms with Crippen molar-refractivity contribution in [3.8, 4) is 0 Å². The highest BCUT2D eigenvalue weighted by Gasteiger charge is 2.27. The molecule has 2 atom stereocenters. The van der Waals surface area contributed by atoms with Crippen molar-refractivity contribution >= 4 is 29.4 Å². The summed E-state index contributed by atoms with van der Waals surface area (Å²) >= 11 is 1.31. The molecular weight excluding hydrogens is 304 g/mol. The van der Waals surface area contributed by atoms with Crippen LogP contribution in [0.3, 0.4) is 0 Å². The van der Waals surface area contributed by atoms with E-state index < -0.39 is 0 Å². The number of hydrogen-bond acceptors (Lipinski definition) is 6. The monoisotopic (exact) mass is 326 g/mol. The molecular formula is C14H22N4O3S. The molecule has 122 valence electrons. The molecule has 1 aliphatic heterocycles. The van der Waals surface area contributed by atoms with Gasteiger partial charge in [-0.1, -0.05) is 5.16 Å². The van der Waals surface area contributed by atoms with Gasteiger partial charge < -0.3 is 20.1 Å². The predicted octanol–water partition coefficient (Wildman–Crippen LogP) is 0.864. The van der Waals surface area contributed by atoms with Gasteiger partial charge in [0.2, 0.25) is 11.8 Å². The van der Waals surface area contributed by atoms with E-state index in [1.165, 1.54) is 11.8 Å². The fourth-order valence-corrected chi connectivity index (χ4v) is 3.03. The van der Waals surface area contributed by atoms with Crippen LogP contribution in [0.2, 0.25) is 0 Å². The molecule has 2 N–H and O–H groups in total. The zero-order chi connectivity index (χ0) is 16.1. The summed E-state index contributed by atoms with van der Waals surface area (Å²) in [4.78, 5) is 25.8. The summed E-state index contributed by atoms with van der Waals surface area (Å²) in [5, 5.41) is 9.66. The second-order valence-corrected chi connectivity index (χ2v) is 6.42. The number of piperazine rings is 1. The molecule has 7 nitrogen and oxygen atoms in total. The number of aromatic nitrogens is 1. The molecule has 22 heavy (non-hydrogen) atoms. The first-order valence-electron chi connectivity index (χ1n) is 7.31. The molecule has 2 rings (SSSR count). The van der Waals surface area contributed by atoms with Crippen molar-refractivity contribution in [1.82, 2.24) is 15.4 Å². The molecule has 0 saturated carbocycles. The highest BCUT2D eigenvalue weighted by Crippen LogP contribution is 2.13. The lowest BCUT2D eigenvalue weighted by atomic mass is 10.1. The fourth-order valence-electron chi connectivity index (χ4n) is 2.33. The van der Waals surface area contributed by atoms with E-state index in [9.17, 15) is 9.59 Å². The summed E-state index contributed by atoms with van der Waals surface area (Å²) in [5.74, 6) is 1.46. The zero-order valence-electron chi connectivity index (χ0n) is 13.1. The lowest BCUT2D eigenvalue weighted by Crippen LogP contribution is -2.57. The zero-order valence-corrected chi connectivity index (χ0v) is 13.9. The van der Waals surface area contributed by atoms with Crippen molar-refractivity contribution in [1.29, 1.82) is 0 Å². The number of nitrogens with one attached hydrogen (secondary N) is 2. The Bertz CT molecular complexity index is 534. The summed E-state index contributed by atoms with van der Waals surface area (Å²) in [6.07, 6.45) is 0. The molecule has 2 heterocycles. The molecule has 0 spiro atoms. The third kappa shape index (κ3) is 4.48. The predicted molar refractivity (Wildman–Crippen MR) is 85.8 cm³/mol. The minimum atomic E-state index is -0.187. The maximum atomic E-state index is 12.2. The number of amides is 2. The van der Waals surface area contributed by atoms with E-state index in [0.717, 1.165) is 13.1 Å². The maximum Gasteiger partial charge on any atom is 0.235 e. The van der Waals surface area contributed by atoms with Gasteiger partial charge in [-0.25, -0.2) is 0 Å². The molecule has 1 aromatic rings. The summed E-state index contributed by atoms with van der Waals surface area (Å²) in [5.41, 5.74) is 0. The Morgan fingerprint density at radius 2 is 2.27 bits per heavy atom. The van der Waals surface area contributed by atoms with Crippen molar-refractivity contribution in [2.75, 3.05) is 29.9 Å². The average Bonchev–Trinajstić information content (AvgIpc) is 2.86. The molecule has 1 aliphatic rings. The fraction of sp³-hybridized carbons (Fsp3) is 0.643. The molecule has 0 radical (unpaired) electrons. The van der Waals surface area contributed by atoms with Gasteiger partial charge in [-0.2, -0.15) is 0 Å². The van der Waals surface area contributed by atoms with E-state index in [2.05, 4.69) is 22.7 Å². The van der Waals surface area contributed by atoms with Gasteiger partial charge in [-0.15, -0.1) is 11.8 Å². The van der Waals surface area contributed by atoms with Crippen LogP contribution in [0.4, 0.5) is 5.82 Å². The van der Waals surface area contributed by atoms with Crippen LogP contribution in [0.15, 0.2) is 10.6 Å². The molecule has 0 aliphatic carbocycles. The quantitative estimate of drug-likeness (QED) is 0.835. The van der Waals surface area contributed by atoms with Crippen molar-refractivity contribution in [3.63, 3.8) is 0 Å². The van der Waals surface area contributed by atoms with Gasteiger partial charge in [0.1, 0.15) is 5.76 Å². The first kappa shape index (κ1) is 16.8. The normalized spacial score (nSPS) is 21.7. The molecule has 1 fully saturated rings. The van der Waals surface area contributed by atoms with Crippen LogP contribution in [0.1, 0.15) is 19.6 Å². The summed E-state index contributed by atoms with van der Waals surface area (Å²) < 4.78 is 4.87. The van der Waals surface area contributed by atoms with Gasteiger partial charge >= 0.3 is 0 Å². The van der Waals surface area contributed by atoms with E-state index in [1.807, 2.05) is 11.8 Å². The third-order valence-electron chi connectivity index (χ3n) is 3.71. The van der Waals surface area contributed by atoms with Crippen molar-refractivity contribution in [3.05, 3.63) is 11.8 Å². The summed E-state index contributed by atoms with van der Waals surface area (Å²) in [7, 11) is 0. The lowest BCUT2D eigenvalue weighted by molar-refractivity contribution is -0.131. The Morgan fingerprint density at radius 1 is 1.50 bits per heavy atom. The van der Waals surface area contributed by atoms with E-state index in [-0.39, 0.29) is 23.6 Å². The second kappa shape index (κ2) is 7.64. The van der Waals surface area contributed by atoms with Gasteiger partial charge in [0.05, 0.1) is 11.5 Å². The van der Waals surface area contributed by atoms with Crippen molar-refractivity contribution < 1.29 is 14.1 Å². The Kier molecular flexibility index (Phi) is 5.84. The smallest absolute Gasteiger partial charge is 0.235 e. The molecule has 1 aromatic heterocycles. The topological polar surface area (TPSA) is 87.5 Å². The van der Waals surface area contributed by atoms with Gasteiger partial charge in [-0.05, 0) is 20.8 Å². The van der Waals surface area contributed by atoms with Crippen LogP contribution in [-0.2, 0) is 9.59 Å². The van der Waals surface area contributed by atoms with Gasteiger partial charge in [0, 0.05) is 31.2 Å². The Hall–Kier alpha value is -1.54. The van der Waals surface area contributed by atoms with Gasteiger partial charge in [-0.3, -0.25) is 9.59 Å². The number of hydrogen-bond donors (Lipinski definition) is 2. The van der Waals surface area contributed by atoms with Gasteiger partial charge in [0.25, 0.3) is 0 Å². The van der Waals surface area contributed by atoms with E-state index >= 15 is 0 Å². The van der Waals surface area contributed by atoms with E-state index in [1.54, 1.807) is 13.0 Å². The van der Waals surface area contributed by atoms with E-state index in [0.29, 0.717) is 23.4 Å². The van der Waals surface area contributed by atoms with E-state index in [4.69, 9.17) is 4.52 Å². The van der Waals surface area contributed by atoms with Crippen LogP contribution < -0.4 is 10.6 Å². The van der Waals surface area contributed by atoms with Crippen molar-refractivity contribution in [2.24, 2.45) is 0 Å². The third-order valence-corrected chi connectivity index (χ3v) is 4.63. The number of aryl methyl sites for hydroxylation is 1. The Morgan fingerprint density at radius 3 is 2.95 bits per heavy atom. The average molecular weight is 326 g/mol. The minimum absolute atomic E-state index is 0.0796. The number of nitrogens with zero attached hydrogens (tertiary/aromatic N) is 2. The van der Waals surface area contributed by atoms with Crippen LogP contribution >= 0.6 is 11.8 Å². The second-order valence-electron chi connectivity index (χ2n) is 5.43. The van der Waals surface area contributed by atoms with Crippen molar-refractivity contribution in [2.45, 2.75) is 32.9 Å². The minimum Gasteiger partial charge on any atom is -0.360 e. The number of carbonyl (C=O) groups is 2. The highest BCUT2D eigenvalue weighted by atomic mass is 32.2. The molecule has 1 saturated heterocycles. The van der Waals surface area contributed by atoms with Crippen LogP contribution in [-0.4, -0.2) is 58.5 Å². The number of anilines is 1. The maximum absolute atomic E-state index is 12.2. The SMILES string of the molecule is Cc1cc(NC(=O)CSCC(=O)N2CCNC(C)C2C)no1. The first-order chi connectivity index (χ1) is 10.5. The summed E-state index contributed by atoms with van der Waals surface area (Å²) in [6, 6.07) is 2.12. The summed E-state index contributed by atoms with van der Waals surface area (Å²) in [6.45, 7) is 7.40. The Labute approximate surface area is 134 Å². The van der Waals surface area contributed by atoms with Crippen LogP contribution in [0.5, 0.6) is 0 Å². The largest absolute Gasteiger partial charge is 0.360 e. The van der Waals surface area contributed by atoms with Crippen LogP contribution in [0, 0.1) is 6.92 Å². The van der Waals surface area contributed by atoms with Crippen LogP contribution in [0.25, 0.3) is 0 Å². The molecule has 0 aromatic carbocycles. The molecule has 2 amide bonds. The Balaban J connectivity index is 1.71.